The first kappa shape index (κ1) is 12.9. The number of ether oxygens (including phenoxy) is 2. The van der Waals surface area contributed by atoms with Crippen LogP contribution >= 0.6 is 0 Å². The summed E-state index contributed by atoms with van der Waals surface area (Å²) in [5.74, 6) is 0.371. The van der Waals surface area contributed by atoms with Crippen LogP contribution in [-0.4, -0.2) is 23.3 Å². The molecule has 1 N–H and O–H groups in total. The first-order valence-corrected chi connectivity index (χ1v) is 5.56. The van der Waals surface area contributed by atoms with Crippen molar-refractivity contribution in [1.82, 2.24) is 5.16 Å². The van der Waals surface area contributed by atoms with E-state index in [2.05, 4.69) is 5.16 Å². The molecule has 6 heteroatoms. The maximum Gasteiger partial charge on any atom is 0.335 e. The molecule has 19 heavy (non-hydrogen) atoms. The van der Waals surface area contributed by atoms with Crippen molar-refractivity contribution < 1.29 is 23.9 Å². The molecule has 1 aromatic carbocycles. The van der Waals surface area contributed by atoms with Crippen molar-refractivity contribution in [2.75, 3.05) is 7.11 Å². The van der Waals surface area contributed by atoms with Crippen LogP contribution in [0, 0.1) is 6.92 Å². The number of benzene rings is 1. The first-order valence-electron chi connectivity index (χ1n) is 5.56. The van der Waals surface area contributed by atoms with Crippen molar-refractivity contribution in [2.45, 2.75) is 13.5 Å². The molecule has 0 saturated heterocycles. The Kier molecular flexibility index (Phi) is 3.70. The largest absolute Gasteiger partial charge is 0.493 e. The standard InChI is InChI=1S/C13H13NO5/c1-8-5-10(19-14-8)7-18-11-4-3-9(13(15)16)6-12(11)17-2/h3-6H,7H2,1-2H3,(H,15,16). The third-order valence-electron chi connectivity index (χ3n) is 2.46. The van der Waals surface area contributed by atoms with Crippen LogP contribution in [0.2, 0.25) is 0 Å². The van der Waals surface area contributed by atoms with Crippen LogP contribution in [0.25, 0.3) is 0 Å². The minimum absolute atomic E-state index is 0.139. The van der Waals surface area contributed by atoms with E-state index in [9.17, 15) is 4.79 Å². The monoisotopic (exact) mass is 263 g/mol. The van der Waals surface area contributed by atoms with Crippen LogP contribution in [0.1, 0.15) is 21.8 Å². The molecule has 0 unspecified atom stereocenters. The van der Waals surface area contributed by atoms with E-state index in [4.69, 9.17) is 19.1 Å². The lowest BCUT2D eigenvalue weighted by Gasteiger charge is -2.09. The zero-order valence-electron chi connectivity index (χ0n) is 10.5. The van der Waals surface area contributed by atoms with Gasteiger partial charge in [-0.25, -0.2) is 4.79 Å². The average molecular weight is 263 g/mol. The summed E-state index contributed by atoms with van der Waals surface area (Å²) < 4.78 is 15.6. The van der Waals surface area contributed by atoms with Gasteiger partial charge in [0.1, 0.15) is 6.61 Å². The fraction of sp³-hybridized carbons (Fsp3) is 0.231. The Labute approximate surface area is 109 Å². The van der Waals surface area contributed by atoms with Gasteiger partial charge in [-0.2, -0.15) is 0 Å². The number of carboxylic acids is 1. The topological polar surface area (TPSA) is 81.8 Å². The third-order valence-corrected chi connectivity index (χ3v) is 2.46. The first-order chi connectivity index (χ1) is 9.10. The van der Waals surface area contributed by atoms with E-state index in [0.29, 0.717) is 17.3 Å². The number of aromatic nitrogens is 1. The quantitative estimate of drug-likeness (QED) is 0.891. The number of hydrogen-bond donors (Lipinski definition) is 1. The van der Waals surface area contributed by atoms with E-state index in [0.717, 1.165) is 5.69 Å². The zero-order valence-corrected chi connectivity index (χ0v) is 10.5. The second kappa shape index (κ2) is 5.43. The van der Waals surface area contributed by atoms with Crippen LogP contribution in [0.3, 0.4) is 0 Å². The summed E-state index contributed by atoms with van der Waals surface area (Å²) in [4.78, 5) is 10.8. The van der Waals surface area contributed by atoms with Crippen molar-refractivity contribution in [2.24, 2.45) is 0 Å². The summed E-state index contributed by atoms with van der Waals surface area (Å²) in [6.07, 6.45) is 0. The molecule has 0 saturated carbocycles. The van der Waals surface area contributed by atoms with Gasteiger partial charge >= 0.3 is 5.97 Å². The molecular formula is C13H13NO5. The summed E-state index contributed by atoms with van der Waals surface area (Å²) in [5.41, 5.74) is 0.909. The number of nitrogens with zero attached hydrogens (tertiary/aromatic N) is 1. The highest BCUT2D eigenvalue weighted by molar-refractivity contribution is 5.88. The molecule has 0 aliphatic heterocycles. The SMILES string of the molecule is COc1cc(C(=O)O)ccc1OCc1cc(C)no1. The maximum absolute atomic E-state index is 10.8. The highest BCUT2D eigenvalue weighted by Crippen LogP contribution is 2.28. The Morgan fingerprint density at radius 3 is 2.74 bits per heavy atom. The number of rotatable bonds is 5. The lowest BCUT2D eigenvalue weighted by Crippen LogP contribution is -2.00. The van der Waals surface area contributed by atoms with E-state index >= 15 is 0 Å². The van der Waals surface area contributed by atoms with Gasteiger partial charge in [0.05, 0.1) is 18.4 Å². The second-order valence-corrected chi connectivity index (χ2v) is 3.89. The molecule has 0 spiro atoms. The van der Waals surface area contributed by atoms with Crippen molar-refractivity contribution >= 4 is 5.97 Å². The minimum atomic E-state index is -1.02. The smallest absolute Gasteiger partial charge is 0.335 e. The van der Waals surface area contributed by atoms with Gasteiger partial charge in [0, 0.05) is 6.07 Å². The lowest BCUT2D eigenvalue weighted by atomic mass is 10.2. The molecule has 0 atom stereocenters. The zero-order chi connectivity index (χ0) is 13.8. The molecule has 1 aromatic heterocycles. The Balaban J connectivity index is 2.13. The predicted octanol–water partition coefficient (Wildman–Crippen LogP) is 2.27. The predicted molar refractivity (Wildman–Crippen MR) is 65.5 cm³/mol. The highest BCUT2D eigenvalue weighted by Gasteiger charge is 2.11. The molecular weight excluding hydrogens is 250 g/mol. The summed E-state index contributed by atoms with van der Waals surface area (Å²) in [6, 6.07) is 6.17. The summed E-state index contributed by atoms with van der Waals surface area (Å²) in [6.45, 7) is 2.01. The fourth-order valence-corrected chi connectivity index (χ4v) is 1.55. The van der Waals surface area contributed by atoms with Gasteiger partial charge in [0.15, 0.2) is 17.3 Å². The maximum atomic E-state index is 10.8. The Bertz CT molecular complexity index is 590. The van der Waals surface area contributed by atoms with Gasteiger partial charge < -0.3 is 19.1 Å². The Hall–Kier alpha value is -2.50. The van der Waals surface area contributed by atoms with Crippen molar-refractivity contribution in [1.29, 1.82) is 0 Å². The lowest BCUT2D eigenvalue weighted by molar-refractivity contribution is 0.0696. The molecule has 1 heterocycles. The van der Waals surface area contributed by atoms with Gasteiger partial charge in [-0.05, 0) is 25.1 Å². The van der Waals surface area contributed by atoms with Crippen LogP contribution in [-0.2, 0) is 6.61 Å². The Morgan fingerprint density at radius 2 is 2.16 bits per heavy atom. The molecule has 2 rings (SSSR count). The molecule has 100 valence electrons. The van der Waals surface area contributed by atoms with E-state index in [1.165, 1.54) is 19.2 Å². The van der Waals surface area contributed by atoms with E-state index in [1.807, 2.05) is 6.92 Å². The van der Waals surface area contributed by atoms with Crippen molar-refractivity contribution in [3.05, 3.63) is 41.3 Å². The molecule has 0 radical (unpaired) electrons. The molecule has 6 nitrogen and oxygen atoms in total. The molecule has 0 aliphatic carbocycles. The minimum Gasteiger partial charge on any atom is -0.493 e. The van der Waals surface area contributed by atoms with Gasteiger partial charge in [-0.3, -0.25) is 0 Å². The van der Waals surface area contributed by atoms with E-state index < -0.39 is 5.97 Å². The molecule has 0 aliphatic rings. The Morgan fingerprint density at radius 1 is 1.37 bits per heavy atom. The molecule has 0 amide bonds. The van der Waals surface area contributed by atoms with E-state index in [-0.39, 0.29) is 12.2 Å². The van der Waals surface area contributed by atoms with Gasteiger partial charge in [0.25, 0.3) is 0 Å². The van der Waals surface area contributed by atoms with Gasteiger partial charge in [-0.15, -0.1) is 0 Å². The van der Waals surface area contributed by atoms with Crippen molar-refractivity contribution in [3.8, 4) is 11.5 Å². The average Bonchev–Trinajstić information content (AvgIpc) is 2.81. The number of carboxylic acid groups (broad SMARTS) is 1. The fourth-order valence-electron chi connectivity index (χ4n) is 1.55. The number of aromatic carboxylic acids is 1. The van der Waals surface area contributed by atoms with Crippen LogP contribution < -0.4 is 9.47 Å². The van der Waals surface area contributed by atoms with Crippen molar-refractivity contribution in [3.63, 3.8) is 0 Å². The van der Waals surface area contributed by atoms with Crippen LogP contribution in [0.5, 0.6) is 11.5 Å². The van der Waals surface area contributed by atoms with E-state index in [1.54, 1.807) is 12.1 Å². The number of aryl methyl sites for hydroxylation is 1. The highest BCUT2D eigenvalue weighted by atomic mass is 16.5. The van der Waals surface area contributed by atoms with Gasteiger partial charge in [0.2, 0.25) is 0 Å². The molecule has 2 aromatic rings. The normalized spacial score (nSPS) is 10.2. The molecule has 0 bridgehead atoms. The number of methoxy groups -OCH3 is 1. The third kappa shape index (κ3) is 3.04. The summed E-state index contributed by atoms with van der Waals surface area (Å²) >= 11 is 0. The number of carbonyl (C=O) groups is 1. The summed E-state index contributed by atoms with van der Waals surface area (Å²) in [7, 11) is 1.45. The van der Waals surface area contributed by atoms with Gasteiger partial charge in [-0.1, -0.05) is 5.16 Å². The number of hydrogen-bond acceptors (Lipinski definition) is 5. The second-order valence-electron chi connectivity index (χ2n) is 3.89. The van der Waals surface area contributed by atoms with Crippen LogP contribution in [0.15, 0.2) is 28.8 Å². The van der Waals surface area contributed by atoms with Crippen LogP contribution in [0.4, 0.5) is 0 Å². The summed E-state index contributed by atoms with van der Waals surface area (Å²) in [5, 5.41) is 12.6. The molecule has 0 fully saturated rings.